The van der Waals surface area contributed by atoms with Crippen LogP contribution in [0.1, 0.15) is 42.0 Å². The number of fused-ring (bicyclic) bond motifs is 1. The van der Waals surface area contributed by atoms with Crippen LogP contribution in [-0.2, 0) is 13.0 Å². The van der Waals surface area contributed by atoms with Gasteiger partial charge in [-0.25, -0.2) is 4.79 Å². The highest BCUT2D eigenvalue weighted by Crippen LogP contribution is 2.37. The summed E-state index contributed by atoms with van der Waals surface area (Å²) >= 11 is 0. The summed E-state index contributed by atoms with van der Waals surface area (Å²) in [7, 11) is 0. The molecule has 2 aromatic rings. The first-order valence-corrected chi connectivity index (χ1v) is 8.11. The minimum Gasteiger partial charge on any atom is -0.508 e. The number of aromatic hydroxyl groups is 1. The van der Waals surface area contributed by atoms with Crippen molar-refractivity contribution in [3.8, 4) is 5.75 Å². The van der Waals surface area contributed by atoms with E-state index in [9.17, 15) is 9.90 Å². The first kappa shape index (κ1) is 14.2. The lowest BCUT2D eigenvalue weighted by molar-refractivity contribution is 0.187. The van der Waals surface area contributed by atoms with Crippen molar-refractivity contribution in [1.29, 1.82) is 0 Å². The van der Waals surface area contributed by atoms with Gasteiger partial charge < -0.3 is 19.7 Å². The number of furan rings is 1. The second kappa shape index (κ2) is 5.65. The molecule has 1 saturated carbocycles. The second-order valence-corrected chi connectivity index (χ2v) is 6.38. The third-order valence-corrected chi connectivity index (χ3v) is 4.73. The number of carbonyl (C=O) groups excluding carboxylic acids is 1. The normalized spacial score (nSPS) is 19.4. The lowest BCUT2D eigenvalue weighted by Crippen LogP contribution is -2.42. The number of carbonyl (C=O) groups is 1. The van der Waals surface area contributed by atoms with Crippen molar-refractivity contribution >= 4 is 6.03 Å². The maximum absolute atomic E-state index is 12.7. The van der Waals surface area contributed by atoms with Gasteiger partial charge in [0.1, 0.15) is 5.75 Å². The first-order chi connectivity index (χ1) is 11.2. The van der Waals surface area contributed by atoms with Crippen LogP contribution in [0.15, 0.2) is 41.2 Å². The predicted octanol–water partition coefficient (Wildman–Crippen LogP) is 3.35. The van der Waals surface area contributed by atoms with Gasteiger partial charge >= 0.3 is 6.03 Å². The number of nitrogens with one attached hydrogen (secondary N) is 1. The molecule has 23 heavy (non-hydrogen) atoms. The van der Waals surface area contributed by atoms with Gasteiger partial charge in [-0.1, -0.05) is 12.1 Å². The van der Waals surface area contributed by atoms with Crippen LogP contribution >= 0.6 is 0 Å². The highest BCUT2D eigenvalue weighted by Gasteiger charge is 2.35. The van der Waals surface area contributed by atoms with E-state index in [1.165, 1.54) is 0 Å². The lowest BCUT2D eigenvalue weighted by Gasteiger charge is -2.25. The number of nitrogens with zero attached hydrogens (tertiary/aromatic N) is 1. The molecule has 2 N–H and O–H groups in total. The van der Waals surface area contributed by atoms with Crippen LogP contribution in [0.4, 0.5) is 4.79 Å². The summed E-state index contributed by atoms with van der Waals surface area (Å²) in [6.07, 6.45) is 7.08. The average molecular weight is 312 g/mol. The zero-order valence-corrected chi connectivity index (χ0v) is 12.9. The quantitative estimate of drug-likeness (QED) is 0.910. The molecule has 0 radical (unpaired) electrons. The van der Waals surface area contributed by atoms with Crippen LogP contribution in [0, 0.1) is 0 Å². The van der Waals surface area contributed by atoms with E-state index >= 15 is 0 Å². The minimum atomic E-state index is -0.0325. The van der Waals surface area contributed by atoms with Gasteiger partial charge in [0, 0.05) is 11.6 Å². The summed E-state index contributed by atoms with van der Waals surface area (Å²) < 4.78 is 5.10. The maximum Gasteiger partial charge on any atom is 0.318 e. The Bertz CT molecular complexity index is 707. The van der Waals surface area contributed by atoms with Crippen LogP contribution in [0.25, 0.3) is 0 Å². The van der Waals surface area contributed by atoms with Crippen molar-refractivity contribution in [3.63, 3.8) is 0 Å². The fourth-order valence-electron chi connectivity index (χ4n) is 3.35. The van der Waals surface area contributed by atoms with Crippen LogP contribution in [-0.4, -0.2) is 22.1 Å². The Balaban J connectivity index is 1.48. The number of benzene rings is 1. The molecule has 1 aromatic heterocycles. The van der Waals surface area contributed by atoms with Gasteiger partial charge in [-0.3, -0.25) is 0 Å². The van der Waals surface area contributed by atoms with Gasteiger partial charge in [0.15, 0.2) is 0 Å². The topological polar surface area (TPSA) is 65.7 Å². The molecule has 1 atom stereocenters. The number of hydrogen-bond acceptors (Lipinski definition) is 3. The van der Waals surface area contributed by atoms with Crippen molar-refractivity contribution in [2.24, 2.45) is 0 Å². The van der Waals surface area contributed by atoms with Gasteiger partial charge in [-0.05, 0) is 48.9 Å². The van der Waals surface area contributed by atoms with E-state index < -0.39 is 0 Å². The smallest absolute Gasteiger partial charge is 0.318 e. The lowest BCUT2D eigenvalue weighted by atomic mass is 10.1. The summed E-state index contributed by atoms with van der Waals surface area (Å²) in [5.74, 6) is 0.330. The number of urea groups is 1. The molecular formula is C18H20N2O3. The van der Waals surface area contributed by atoms with E-state index in [2.05, 4.69) is 5.32 Å². The molecule has 120 valence electrons. The number of phenols is 1. The Morgan fingerprint density at radius 2 is 2.17 bits per heavy atom. The van der Waals surface area contributed by atoms with Gasteiger partial charge in [0.05, 0.1) is 25.1 Å². The molecule has 1 fully saturated rings. The Morgan fingerprint density at radius 1 is 1.30 bits per heavy atom. The van der Waals surface area contributed by atoms with Crippen molar-refractivity contribution in [1.82, 2.24) is 10.2 Å². The maximum atomic E-state index is 12.7. The Hall–Kier alpha value is -2.43. The largest absolute Gasteiger partial charge is 0.508 e. The third-order valence-electron chi connectivity index (χ3n) is 4.73. The van der Waals surface area contributed by atoms with E-state index in [-0.39, 0.29) is 12.1 Å². The summed E-state index contributed by atoms with van der Waals surface area (Å²) in [5.41, 5.74) is 3.01. The molecule has 5 heteroatoms. The molecule has 2 aliphatic rings. The molecule has 0 aliphatic heterocycles. The highest BCUT2D eigenvalue weighted by atomic mass is 16.3. The SMILES string of the molecule is O=C(NC1CCc2c(O)cccc21)N(Cc1ccoc1)C1CC1. The number of hydrogen-bond donors (Lipinski definition) is 2. The predicted molar refractivity (Wildman–Crippen MR) is 85.0 cm³/mol. The van der Waals surface area contributed by atoms with Crippen LogP contribution in [0.2, 0.25) is 0 Å². The van der Waals surface area contributed by atoms with E-state index in [0.717, 1.165) is 42.4 Å². The Labute approximate surface area is 134 Å². The molecular weight excluding hydrogens is 292 g/mol. The summed E-state index contributed by atoms with van der Waals surface area (Å²) in [6, 6.07) is 7.71. The average Bonchev–Trinajstić information content (AvgIpc) is 3.09. The molecule has 1 heterocycles. The monoisotopic (exact) mass is 312 g/mol. The van der Waals surface area contributed by atoms with Crippen molar-refractivity contribution in [2.45, 2.75) is 44.3 Å². The molecule has 5 nitrogen and oxygen atoms in total. The molecule has 2 amide bonds. The molecule has 0 bridgehead atoms. The molecule has 1 aromatic carbocycles. The molecule has 4 rings (SSSR count). The zero-order chi connectivity index (χ0) is 15.8. The molecule has 1 unspecified atom stereocenters. The van der Waals surface area contributed by atoms with Crippen LogP contribution in [0.5, 0.6) is 5.75 Å². The van der Waals surface area contributed by atoms with Gasteiger partial charge in [-0.2, -0.15) is 0 Å². The van der Waals surface area contributed by atoms with Crippen molar-refractivity contribution < 1.29 is 14.3 Å². The fourth-order valence-corrected chi connectivity index (χ4v) is 3.35. The number of amides is 2. The van der Waals surface area contributed by atoms with Gasteiger partial charge in [0.2, 0.25) is 0 Å². The second-order valence-electron chi connectivity index (χ2n) is 6.38. The summed E-state index contributed by atoms with van der Waals surface area (Å²) in [4.78, 5) is 14.6. The Kier molecular flexibility index (Phi) is 3.48. The first-order valence-electron chi connectivity index (χ1n) is 8.11. The molecule has 0 saturated heterocycles. The number of rotatable bonds is 4. The van der Waals surface area contributed by atoms with Crippen molar-refractivity contribution in [3.05, 3.63) is 53.5 Å². The molecule has 2 aliphatic carbocycles. The zero-order valence-electron chi connectivity index (χ0n) is 12.9. The highest BCUT2D eigenvalue weighted by molar-refractivity contribution is 5.76. The third kappa shape index (κ3) is 2.79. The van der Waals surface area contributed by atoms with E-state index in [1.54, 1.807) is 18.6 Å². The summed E-state index contributed by atoms with van der Waals surface area (Å²) in [5, 5.41) is 13.1. The molecule has 0 spiro atoms. The Morgan fingerprint density at radius 3 is 2.91 bits per heavy atom. The van der Waals surface area contributed by atoms with E-state index in [1.807, 2.05) is 23.1 Å². The van der Waals surface area contributed by atoms with Gasteiger partial charge in [-0.15, -0.1) is 0 Å². The van der Waals surface area contributed by atoms with Gasteiger partial charge in [0.25, 0.3) is 0 Å². The van der Waals surface area contributed by atoms with E-state index in [0.29, 0.717) is 18.3 Å². The number of phenolic OH excluding ortho intramolecular Hbond substituents is 1. The van der Waals surface area contributed by atoms with Crippen molar-refractivity contribution in [2.75, 3.05) is 0 Å². The van der Waals surface area contributed by atoms with E-state index in [4.69, 9.17) is 4.42 Å². The summed E-state index contributed by atoms with van der Waals surface area (Å²) in [6.45, 7) is 0.576. The van der Waals surface area contributed by atoms with Crippen LogP contribution in [0.3, 0.4) is 0 Å². The minimum absolute atomic E-state index is 0.0183. The standard InChI is InChI=1S/C18H20N2O3/c21-17-3-1-2-14-15(17)6-7-16(14)19-18(22)20(13-4-5-13)10-12-8-9-23-11-12/h1-3,8-9,11,13,16,21H,4-7,10H2,(H,19,22). The fraction of sp³-hybridized carbons (Fsp3) is 0.389. The van der Waals surface area contributed by atoms with Crippen LogP contribution < -0.4 is 5.32 Å².